The van der Waals surface area contributed by atoms with Gasteiger partial charge in [-0.15, -0.1) is 11.3 Å². The van der Waals surface area contributed by atoms with Crippen LogP contribution in [0.4, 0.5) is 15.8 Å². The molecule has 0 saturated carbocycles. The second kappa shape index (κ2) is 8.41. The minimum absolute atomic E-state index is 0.0800. The van der Waals surface area contributed by atoms with E-state index in [0.29, 0.717) is 22.1 Å². The lowest BCUT2D eigenvalue weighted by Crippen LogP contribution is -2.32. The Hall–Kier alpha value is -3.36. The van der Waals surface area contributed by atoms with Crippen LogP contribution >= 0.6 is 22.9 Å². The van der Waals surface area contributed by atoms with E-state index in [0.717, 1.165) is 11.0 Å². The Morgan fingerprint density at radius 2 is 1.84 bits per heavy atom. The molecule has 0 atom stereocenters. The third-order valence-electron chi connectivity index (χ3n) is 4.68. The SMILES string of the molecule is COc1ccc(NC2=C(c3cccs3)C(=O)N(c3ccc(F)c(Cl)c3)C2=O)c(OC)c1. The molecule has 9 heteroatoms. The molecule has 1 N–H and O–H groups in total. The highest BCUT2D eigenvalue weighted by Gasteiger charge is 2.41. The smallest absolute Gasteiger partial charge is 0.282 e. The van der Waals surface area contributed by atoms with Crippen molar-refractivity contribution in [2.24, 2.45) is 0 Å². The molecule has 0 bridgehead atoms. The monoisotopic (exact) mass is 458 g/mol. The molecule has 2 aromatic carbocycles. The van der Waals surface area contributed by atoms with E-state index in [-0.39, 0.29) is 22.0 Å². The number of ether oxygens (including phenoxy) is 2. The Kier molecular flexibility index (Phi) is 5.67. The van der Waals surface area contributed by atoms with E-state index in [1.54, 1.807) is 30.3 Å². The van der Waals surface area contributed by atoms with E-state index < -0.39 is 17.6 Å². The average molecular weight is 459 g/mol. The van der Waals surface area contributed by atoms with Crippen molar-refractivity contribution in [1.29, 1.82) is 0 Å². The maximum Gasteiger partial charge on any atom is 0.282 e. The van der Waals surface area contributed by atoms with Crippen molar-refractivity contribution in [2.45, 2.75) is 0 Å². The van der Waals surface area contributed by atoms with Crippen molar-refractivity contribution >= 4 is 51.7 Å². The van der Waals surface area contributed by atoms with Gasteiger partial charge in [0, 0.05) is 10.9 Å². The first-order valence-corrected chi connectivity index (χ1v) is 10.3. The minimum atomic E-state index is -0.641. The lowest BCUT2D eigenvalue weighted by atomic mass is 10.1. The van der Waals surface area contributed by atoms with E-state index in [1.807, 2.05) is 5.38 Å². The topological polar surface area (TPSA) is 67.9 Å². The fourth-order valence-corrected chi connectivity index (χ4v) is 4.13. The Bertz CT molecular complexity index is 1210. The highest BCUT2D eigenvalue weighted by atomic mass is 35.5. The molecule has 0 fully saturated rings. The lowest BCUT2D eigenvalue weighted by molar-refractivity contribution is -0.120. The standard InChI is InChI=1S/C22H16ClFN2O4S/c1-29-13-6-8-16(17(11-13)30-2)25-20-19(18-4-3-9-31-18)21(27)26(22(20)28)12-5-7-15(24)14(23)10-12/h3-11,25H,1-2H3. The van der Waals surface area contributed by atoms with Crippen LogP contribution in [0.1, 0.15) is 4.88 Å². The van der Waals surface area contributed by atoms with Crippen molar-refractivity contribution in [3.8, 4) is 11.5 Å². The second-order valence-corrected chi connectivity index (χ2v) is 7.82. The molecule has 0 saturated heterocycles. The number of rotatable bonds is 6. The summed E-state index contributed by atoms with van der Waals surface area (Å²) in [6.07, 6.45) is 0. The fourth-order valence-electron chi connectivity index (χ4n) is 3.19. The lowest BCUT2D eigenvalue weighted by Gasteiger charge is -2.16. The highest BCUT2D eigenvalue weighted by molar-refractivity contribution is 7.11. The number of imide groups is 1. The predicted octanol–water partition coefficient (Wildman–Crippen LogP) is 4.95. The van der Waals surface area contributed by atoms with Crippen molar-refractivity contribution in [3.63, 3.8) is 0 Å². The van der Waals surface area contributed by atoms with Gasteiger partial charge >= 0.3 is 0 Å². The summed E-state index contributed by atoms with van der Waals surface area (Å²) in [5.74, 6) is -0.761. The van der Waals surface area contributed by atoms with E-state index >= 15 is 0 Å². The predicted molar refractivity (Wildman–Crippen MR) is 118 cm³/mol. The van der Waals surface area contributed by atoms with E-state index in [9.17, 15) is 14.0 Å². The van der Waals surface area contributed by atoms with E-state index in [4.69, 9.17) is 21.1 Å². The molecule has 0 unspecified atom stereocenters. The Labute approximate surface area is 186 Å². The third-order valence-corrected chi connectivity index (χ3v) is 5.86. The van der Waals surface area contributed by atoms with Crippen LogP contribution in [-0.4, -0.2) is 26.0 Å². The van der Waals surface area contributed by atoms with Gasteiger partial charge in [-0.2, -0.15) is 0 Å². The molecule has 0 radical (unpaired) electrons. The summed E-state index contributed by atoms with van der Waals surface area (Å²) < 4.78 is 24.2. The van der Waals surface area contributed by atoms with Gasteiger partial charge in [0.25, 0.3) is 11.8 Å². The number of halogens is 2. The quantitative estimate of drug-likeness (QED) is 0.529. The summed E-state index contributed by atoms with van der Waals surface area (Å²) in [5.41, 5.74) is 0.941. The van der Waals surface area contributed by atoms with Gasteiger partial charge in [-0.1, -0.05) is 17.7 Å². The van der Waals surface area contributed by atoms with Crippen LogP contribution < -0.4 is 19.7 Å². The van der Waals surface area contributed by atoms with Gasteiger partial charge in [-0.3, -0.25) is 9.59 Å². The summed E-state index contributed by atoms with van der Waals surface area (Å²) in [5, 5.41) is 4.67. The number of anilines is 2. The molecular formula is C22H16ClFN2O4S. The molecule has 0 spiro atoms. The maximum atomic E-state index is 13.6. The third kappa shape index (κ3) is 3.75. The van der Waals surface area contributed by atoms with Crippen LogP contribution in [0.25, 0.3) is 5.57 Å². The van der Waals surface area contributed by atoms with E-state index in [1.165, 1.54) is 37.7 Å². The first-order chi connectivity index (χ1) is 14.9. The van der Waals surface area contributed by atoms with Crippen LogP contribution in [-0.2, 0) is 9.59 Å². The zero-order valence-electron chi connectivity index (χ0n) is 16.4. The molecule has 0 aliphatic carbocycles. The normalized spacial score (nSPS) is 13.7. The Morgan fingerprint density at radius 3 is 2.48 bits per heavy atom. The van der Waals surface area contributed by atoms with Crippen molar-refractivity contribution in [2.75, 3.05) is 24.4 Å². The van der Waals surface area contributed by atoms with Crippen LogP contribution in [0.2, 0.25) is 5.02 Å². The molecular weight excluding hydrogens is 443 g/mol. The van der Waals surface area contributed by atoms with Crippen molar-refractivity contribution in [3.05, 3.63) is 75.3 Å². The van der Waals surface area contributed by atoms with Gasteiger partial charge in [-0.05, 0) is 41.8 Å². The molecule has 2 amide bonds. The van der Waals surface area contributed by atoms with Crippen molar-refractivity contribution in [1.82, 2.24) is 0 Å². The highest BCUT2D eigenvalue weighted by Crippen LogP contribution is 2.38. The van der Waals surface area contributed by atoms with Crippen LogP contribution in [0.15, 0.2) is 59.6 Å². The number of carbonyl (C=O) groups is 2. The van der Waals surface area contributed by atoms with Crippen LogP contribution in [0, 0.1) is 5.82 Å². The number of thiophene rings is 1. The van der Waals surface area contributed by atoms with E-state index in [2.05, 4.69) is 5.32 Å². The summed E-state index contributed by atoms with van der Waals surface area (Å²) in [6.45, 7) is 0. The Balaban J connectivity index is 1.80. The summed E-state index contributed by atoms with van der Waals surface area (Å²) in [7, 11) is 3.02. The second-order valence-electron chi connectivity index (χ2n) is 6.46. The number of hydrogen-bond acceptors (Lipinski definition) is 6. The molecule has 1 aliphatic rings. The maximum absolute atomic E-state index is 13.6. The molecule has 4 rings (SSSR count). The zero-order chi connectivity index (χ0) is 22.1. The minimum Gasteiger partial charge on any atom is -0.497 e. The van der Waals surface area contributed by atoms with Gasteiger partial charge in [0.05, 0.1) is 36.2 Å². The van der Waals surface area contributed by atoms with Gasteiger partial charge in [0.1, 0.15) is 23.0 Å². The number of amides is 2. The fraction of sp³-hybridized carbons (Fsp3) is 0.0909. The molecule has 1 aromatic heterocycles. The van der Waals surface area contributed by atoms with Crippen LogP contribution in [0.3, 0.4) is 0 Å². The first-order valence-electron chi connectivity index (χ1n) is 9.05. The zero-order valence-corrected chi connectivity index (χ0v) is 18.0. The summed E-state index contributed by atoms with van der Waals surface area (Å²) in [6, 6.07) is 12.3. The average Bonchev–Trinajstić information content (AvgIpc) is 3.37. The van der Waals surface area contributed by atoms with Gasteiger partial charge in [0.2, 0.25) is 0 Å². The Morgan fingerprint density at radius 1 is 1.03 bits per heavy atom. The molecule has 1 aliphatic heterocycles. The number of benzene rings is 2. The molecule has 2 heterocycles. The number of carbonyl (C=O) groups excluding carboxylic acids is 2. The molecule has 3 aromatic rings. The number of nitrogens with one attached hydrogen (secondary N) is 1. The number of nitrogens with zero attached hydrogens (tertiary/aromatic N) is 1. The van der Waals surface area contributed by atoms with Gasteiger partial charge < -0.3 is 14.8 Å². The first kappa shape index (κ1) is 20.9. The number of hydrogen-bond donors (Lipinski definition) is 1. The summed E-state index contributed by atoms with van der Waals surface area (Å²) in [4.78, 5) is 28.2. The molecule has 6 nitrogen and oxygen atoms in total. The van der Waals surface area contributed by atoms with Crippen molar-refractivity contribution < 1.29 is 23.5 Å². The number of methoxy groups -OCH3 is 2. The molecule has 158 valence electrons. The van der Waals surface area contributed by atoms with Gasteiger partial charge in [0.15, 0.2) is 0 Å². The van der Waals surface area contributed by atoms with Crippen LogP contribution in [0.5, 0.6) is 11.5 Å². The largest absolute Gasteiger partial charge is 0.497 e. The molecule has 31 heavy (non-hydrogen) atoms. The summed E-state index contributed by atoms with van der Waals surface area (Å²) >= 11 is 7.20. The van der Waals surface area contributed by atoms with Gasteiger partial charge in [-0.25, -0.2) is 9.29 Å².